The van der Waals surface area contributed by atoms with E-state index in [2.05, 4.69) is 39.0 Å². The number of halogens is 1. The third-order valence-electron chi connectivity index (χ3n) is 4.12. The summed E-state index contributed by atoms with van der Waals surface area (Å²) in [6, 6.07) is 7.46. The molecule has 1 atom stereocenters. The number of hydrogen-bond acceptors (Lipinski definition) is 2. The lowest BCUT2D eigenvalue weighted by atomic mass is 10.1. The van der Waals surface area contributed by atoms with Gasteiger partial charge in [0.15, 0.2) is 0 Å². The van der Waals surface area contributed by atoms with Gasteiger partial charge in [-0.15, -0.1) is 0 Å². The molecule has 0 bridgehead atoms. The zero-order valence-corrected chi connectivity index (χ0v) is 12.3. The van der Waals surface area contributed by atoms with E-state index in [0.717, 1.165) is 36.6 Å². The molecule has 2 aliphatic rings. The minimum atomic E-state index is 0.753. The largest absolute Gasteiger partial charge is 0.493 e. The van der Waals surface area contributed by atoms with Crippen molar-refractivity contribution in [3.05, 3.63) is 29.3 Å². The van der Waals surface area contributed by atoms with Gasteiger partial charge in [-0.1, -0.05) is 28.1 Å². The molecule has 2 nitrogen and oxygen atoms in total. The SMILES string of the molecule is BrCC1CCCN1CCc1ccc2c(c1)CCO2. The maximum atomic E-state index is 5.55. The van der Waals surface area contributed by atoms with Gasteiger partial charge >= 0.3 is 0 Å². The molecule has 2 aliphatic heterocycles. The molecule has 3 rings (SSSR count). The van der Waals surface area contributed by atoms with E-state index in [-0.39, 0.29) is 0 Å². The first-order chi connectivity index (χ1) is 8.86. The zero-order chi connectivity index (χ0) is 12.4. The average Bonchev–Trinajstić information content (AvgIpc) is 3.04. The van der Waals surface area contributed by atoms with Crippen molar-refractivity contribution in [1.29, 1.82) is 0 Å². The van der Waals surface area contributed by atoms with Gasteiger partial charge in [0.05, 0.1) is 6.61 Å². The van der Waals surface area contributed by atoms with E-state index in [4.69, 9.17) is 4.74 Å². The van der Waals surface area contributed by atoms with Crippen molar-refractivity contribution in [2.75, 3.05) is 25.0 Å². The number of rotatable bonds is 4. The first kappa shape index (κ1) is 12.5. The Hall–Kier alpha value is -0.540. The fourth-order valence-electron chi connectivity index (χ4n) is 3.03. The van der Waals surface area contributed by atoms with Crippen LogP contribution in [0, 0.1) is 0 Å². The standard InChI is InChI=1S/C15H20BrNO/c16-11-14-2-1-7-17(14)8-5-12-3-4-15-13(10-12)6-9-18-15/h3-4,10,14H,1-2,5-9,11H2. The lowest BCUT2D eigenvalue weighted by Crippen LogP contribution is -2.32. The molecule has 1 fully saturated rings. The third kappa shape index (κ3) is 2.57. The Morgan fingerprint density at radius 2 is 2.33 bits per heavy atom. The fourth-order valence-corrected chi connectivity index (χ4v) is 3.77. The molecule has 0 amide bonds. The van der Waals surface area contributed by atoms with E-state index in [0.29, 0.717) is 0 Å². The molecular formula is C15H20BrNO. The van der Waals surface area contributed by atoms with E-state index in [1.807, 2.05) is 0 Å². The topological polar surface area (TPSA) is 12.5 Å². The number of alkyl halides is 1. The molecule has 2 heterocycles. The van der Waals surface area contributed by atoms with E-state index >= 15 is 0 Å². The van der Waals surface area contributed by atoms with Crippen molar-refractivity contribution in [2.45, 2.75) is 31.7 Å². The van der Waals surface area contributed by atoms with Gasteiger partial charge in [-0.2, -0.15) is 0 Å². The highest BCUT2D eigenvalue weighted by Gasteiger charge is 2.22. The molecule has 0 N–H and O–H groups in total. The molecule has 1 unspecified atom stereocenters. The average molecular weight is 310 g/mol. The predicted molar refractivity (Wildman–Crippen MR) is 77.7 cm³/mol. The van der Waals surface area contributed by atoms with Crippen LogP contribution in [0.2, 0.25) is 0 Å². The summed E-state index contributed by atoms with van der Waals surface area (Å²) in [5, 5.41) is 1.12. The van der Waals surface area contributed by atoms with Gasteiger partial charge in [-0.05, 0) is 43.0 Å². The fraction of sp³-hybridized carbons (Fsp3) is 0.600. The monoisotopic (exact) mass is 309 g/mol. The van der Waals surface area contributed by atoms with Crippen LogP contribution >= 0.6 is 15.9 Å². The van der Waals surface area contributed by atoms with Crippen molar-refractivity contribution in [2.24, 2.45) is 0 Å². The Labute approximate surface area is 117 Å². The van der Waals surface area contributed by atoms with Gasteiger partial charge in [0.1, 0.15) is 5.75 Å². The van der Waals surface area contributed by atoms with Crippen LogP contribution in [0.1, 0.15) is 24.0 Å². The lowest BCUT2D eigenvalue weighted by Gasteiger charge is -2.22. The van der Waals surface area contributed by atoms with Crippen molar-refractivity contribution >= 4 is 15.9 Å². The molecule has 3 heteroatoms. The third-order valence-corrected chi connectivity index (χ3v) is 4.87. The second-order valence-electron chi connectivity index (χ2n) is 5.28. The summed E-state index contributed by atoms with van der Waals surface area (Å²) in [6.07, 6.45) is 4.95. The summed E-state index contributed by atoms with van der Waals surface area (Å²) >= 11 is 3.63. The maximum absolute atomic E-state index is 5.55. The van der Waals surface area contributed by atoms with E-state index in [9.17, 15) is 0 Å². The van der Waals surface area contributed by atoms with Crippen molar-refractivity contribution in [3.8, 4) is 5.75 Å². The van der Waals surface area contributed by atoms with Crippen LogP contribution in [0.4, 0.5) is 0 Å². The molecule has 0 spiro atoms. The van der Waals surface area contributed by atoms with Crippen molar-refractivity contribution in [1.82, 2.24) is 4.90 Å². The summed E-state index contributed by atoms with van der Waals surface area (Å²) in [6.45, 7) is 3.32. The minimum Gasteiger partial charge on any atom is -0.493 e. The van der Waals surface area contributed by atoms with E-state index in [1.165, 1.54) is 37.1 Å². The van der Waals surface area contributed by atoms with Gasteiger partial charge in [0.25, 0.3) is 0 Å². The first-order valence-corrected chi connectivity index (χ1v) is 8.03. The number of ether oxygens (including phenoxy) is 1. The highest BCUT2D eigenvalue weighted by molar-refractivity contribution is 9.09. The van der Waals surface area contributed by atoms with Crippen molar-refractivity contribution in [3.63, 3.8) is 0 Å². The van der Waals surface area contributed by atoms with Gasteiger partial charge in [-0.3, -0.25) is 4.90 Å². The Morgan fingerprint density at radius 1 is 1.39 bits per heavy atom. The quantitative estimate of drug-likeness (QED) is 0.793. The van der Waals surface area contributed by atoms with Gasteiger partial charge in [-0.25, -0.2) is 0 Å². The molecule has 1 aromatic carbocycles. The summed E-state index contributed by atoms with van der Waals surface area (Å²) in [7, 11) is 0. The molecule has 18 heavy (non-hydrogen) atoms. The summed E-state index contributed by atoms with van der Waals surface area (Å²) in [4.78, 5) is 2.62. The molecule has 0 radical (unpaired) electrons. The van der Waals surface area contributed by atoms with E-state index in [1.54, 1.807) is 0 Å². The van der Waals surface area contributed by atoms with Crippen LogP contribution < -0.4 is 4.74 Å². The Bertz CT molecular complexity index is 421. The Balaban J connectivity index is 1.60. The molecule has 0 saturated carbocycles. The first-order valence-electron chi connectivity index (χ1n) is 6.91. The maximum Gasteiger partial charge on any atom is 0.122 e. The minimum absolute atomic E-state index is 0.753. The molecule has 0 aromatic heterocycles. The number of benzene rings is 1. The Kier molecular flexibility index (Phi) is 3.90. The van der Waals surface area contributed by atoms with Crippen LogP contribution in [0.15, 0.2) is 18.2 Å². The summed E-state index contributed by atoms with van der Waals surface area (Å²) < 4.78 is 5.55. The zero-order valence-electron chi connectivity index (χ0n) is 10.7. The van der Waals surface area contributed by atoms with Crippen LogP contribution in [0.5, 0.6) is 5.75 Å². The molecule has 98 valence electrons. The normalized spacial score (nSPS) is 23.1. The molecule has 1 saturated heterocycles. The summed E-state index contributed by atoms with van der Waals surface area (Å²) in [5.41, 5.74) is 2.85. The van der Waals surface area contributed by atoms with Gasteiger partial charge in [0, 0.05) is 24.3 Å². The van der Waals surface area contributed by atoms with Crippen LogP contribution in [-0.2, 0) is 12.8 Å². The number of fused-ring (bicyclic) bond motifs is 1. The van der Waals surface area contributed by atoms with Crippen LogP contribution in [-0.4, -0.2) is 36.0 Å². The summed E-state index contributed by atoms with van der Waals surface area (Å²) in [5.74, 6) is 1.10. The lowest BCUT2D eigenvalue weighted by molar-refractivity contribution is 0.277. The second kappa shape index (κ2) is 5.62. The molecule has 1 aromatic rings. The highest BCUT2D eigenvalue weighted by Crippen LogP contribution is 2.26. The van der Waals surface area contributed by atoms with Crippen molar-refractivity contribution < 1.29 is 4.74 Å². The van der Waals surface area contributed by atoms with Gasteiger partial charge < -0.3 is 4.74 Å². The number of nitrogens with zero attached hydrogens (tertiary/aromatic N) is 1. The van der Waals surface area contributed by atoms with Crippen LogP contribution in [0.3, 0.4) is 0 Å². The van der Waals surface area contributed by atoms with E-state index < -0.39 is 0 Å². The smallest absolute Gasteiger partial charge is 0.122 e. The predicted octanol–water partition coefficient (Wildman–Crippen LogP) is 3.02. The van der Waals surface area contributed by atoms with Crippen LogP contribution in [0.25, 0.3) is 0 Å². The molecular weight excluding hydrogens is 290 g/mol. The number of likely N-dealkylation sites (tertiary alicyclic amines) is 1. The molecule has 0 aliphatic carbocycles. The number of hydrogen-bond donors (Lipinski definition) is 0. The van der Waals surface area contributed by atoms with Gasteiger partial charge in [0.2, 0.25) is 0 Å². The highest BCUT2D eigenvalue weighted by atomic mass is 79.9. The second-order valence-corrected chi connectivity index (χ2v) is 5.92. The Morgan fingerprint density at radius 3 is 3.22 bits per heavy atom.